The number of benzene rings is 1. The first-order valence-corrected chi connectivity index (χ1v) is 5.33. The minimum Gasteiger partial charge on any atom is -0.394 e. The first-order chi connectivity index (χ1) is 8.06. The Balaban J connectivity index is 2.31. The van der Waals surface area contributed by atoms with Crippen LogP contribution in [0.5, 0.6) is 0 Å². The van der Waals surface area contributed by atoms with Crippen molar-refractivity contribution in [3.8, 4) is 0 Å². The topological polar surface area (TPSA) is 48.0 Å². The molecule has 0 bridgehead atoms. The first-order valence-electron chi connectivity index (χ1n) is 4.96. The van der Waals surface area contributed by atoms with E-state index >= 15 is 0 Å². The van der Waals surface area contributed by atoms with Crippen LogP contribution >= 0.6 is 11.6 Å². The second-order valence-electron chi connectivity index (χ2n) is 3.67. The third-order valence-corrected chi connectivity index (χ3v) is 2.73. The van der Waals surface area contributed by atoms with E-state index in [1.807, 2.05) is 0 Å². The van der Waals surface area contributed by atoms with Crippen molar-refractivity contribution in [1.82, 2.24) is 4.57 Å². The molecule has 88 valence electrons. The van der Waals surface area contributed by atoms with Gasteiger partial charge in [-0.1, -0.05) is 17.7 Å². The van der Waals surface area contributed by atoms with Gasteiger partial charge in [-0.15, -0.1) is 0 Å². The largest absolute Gasteiger partial charge is 0.394 e. The minimum absolute atomic E-state index is 0.172. The average molecular weight is 253 g/mol. The molecule has 5 heteroatoms. The second kappa shape index (κ2) is 4.59. The summed E-state index contributed by atoms with van der Waals surface area (Å²) in [6.45, 7) is 0.434. The zero-order valence-electron chi connectivity index (χ0n) is 8.86. The van der Waals surface area contributed by atoms with Gasteiger partial charge in [0.2, 0.25) is 5.43 Å². The predicted molar refractivity (Wildman–Crippen MR) is 65.6 cm³/mol. The number of aromatic nitrogens is 1. The summed E-state index contributed by atoms with van der Waals surface area (Å²) >= 11 is 5.90. The molecule has 0 amide bonds. The molecular formula is C12H10ClFN2O. The number of nitrogen functional groups attached to an aromatic ring is 1. The predicted octanol–water partition coefficient (Wildman–Crippen LogP) is 2.27. The fourth-order valence-corrected chi connectivity index (χ4v) is 1.72. The summed E-state index contributed by atoms with van der Waals surface area (Å²) < 4.78 is 14.6. The van der Waals surface area contributed by atoms with Gasteiger partial charge in [0.15, 0.2) is 0 Å². The number of rotatable bonds is 2. The quantitative estimate of drug-likeness (QED) is 0.891. The lowest BCUT2D eigenvalue weighted by Crippen LogP contribution is -2.11. The molecule has 3 nitrogen and oxygen atoms in total. The number of hydrogen-bond acceptors (Lipinski definition) is 2. The Morgan fingerprint density at radius 3 is 2.76 bits per heavy atom. The van der Waals surface area contributed by atoms with E-state index in [-0.39, 0.29) is 16.9 Å². The smallest absolute Gasteiger partial charge is 0.204 e. The van der Waals surface area contributed by atoms with Gasteiger partial charge in [-0.2, -0.15) is 0 Å². The van der Waals surface area contributed by atoms with Crippen LogP contribution in [-0.4, -0.2) is 4.57 Å². The van der Waals surface area contributed by atoms with Gasteiger partial charge in [-0.3, -0.25) is 4.79 Å². The van der Waals surface area contributed by atoms with Crippen molar-refractivity contribution in [3.05, 3.63) is 63.3 Å². The molecule has 2 N–H and O–H groups in total. The standard InChI is InChI=1S/C12H10ClFN2O/c13-10-5-9(14)2-1-8(10)6-16-4-3-12(17)11(15)7-16/h1-5,7H,6,15H2. The van der Waals surface area contributed by atoms with Crippen LogP contribution in [0.1, 0.15) is 5.56 Å². The van der Waals surface area contributed by atoms with Gasteiger partial charge in [0.1, 0.15) is 5.82 Å². The fourth-order valence-electron chi connectivity index (χ4n) is 1.49. The Hall–Kier alpha value is -1.81. The Morgan fingerprint density at radius 2 is 2.12 bits per heavy atom. The van der Waals surface area contributed by atoms with Crippen LogP contribution in [0, 0.1) is 5.82 Å². The number of pyridine rings is 1. The van der Waals surface area contributed by atoms with E-state index < -0.39 is 0 Å². The lowest BCUT2D eigenvalue weighted by molar-refractivity contribution is 0.626. The molecule has 2 rings (SSSR count). The van der Waals surface area contributed by atoms with E-state index in [1.54, 1.807) is 16.8 Å². The molecule has 0 aliphatic heterocycles. The van der Waals surface area contributed by atoms with Crippen molar-refractivity contribution in [2.24, 2.45) is 0 Å². The van der Waals surface area contributed by atoms with Crippen molar-refractivity contribution in [1.29, 1.82) is 0 Å². The highest BCUT2D eigenvalue weighted by atomic mass is 35.5. The number of hydrogen-bond donors (Lipinski definition) is 1. The van der Waals surface area contributed by atoms with Crippen molar-refractivity contribution >= 4 is 17.3 Å². The molecule has 1 heterocycles. The van der Waals surface area contributed by atoms with E-state index in [9.17, 15) is 9.18 Å². The zero-order valence-corrected chi connectivity index (χ0v) is 9.62. The van der Waals surface area contributed by atoms with Gasteiger partial charge in [-0.25, -0.2) is 4.39 Å². The Morgan fingerprint density at radius 1 is 1.35 bits per heavy atom. The average Bonchev–Trinajstić information content (AvgIpc) is 2.27. The summed E-state index contributed by atoms with van der Waals surface area (Å²) in [4.78, 5) is 11.1. The van der Waals surface area contributed by atoms with Gasteiger partial charge in [0.05, 0.1) is 5.69 Å². The summed E-state index contributed by atoms with van der Waals surface area (Å²) in [5.41, 5.74) is 6.23. The highest BCUT2D eigenvalue weighted by Gasteiger charge is 2.03. The molecule has 0 saturated heterocycles. The summed E-state index contributed by atoms with van der Waals surface area (Å²) in [7, 11) is 0. The molecule has 0 fully saturated rings. The van der Waals surface area contributed by atoms with Crippen molar-refractivity contribution in [2.45, 2.75) is 6.54 Å². The van der Waals surface area contributed by atoms with Crippen LogP contribution in [0.15, 0.2) is 41.5 Å². The molecule has 0 aliphatic rings. The highest BCUT2D eigenvalue weighted by molar-refractivity contribution is 6.31. The third-order valence-electron chi connectivity index (χ3n) is 2.37. The molecule has 0 atom stereocenters. The van der Waals surface area contributed by atoms with E-state index in [1.165, 1.54) is 24.4 Å². The highest BCUT2D eigenvalue weighted by Crippen LogP contribution is 2.18. The van der Waals surface area contributed by atoms with E-state index in [0.717, 1.165) is 5.56 Å². The summed E-state index contributed by atoms with van der Waals surface area (Å²) in [5.74, 6) is -0.377. The molecule has 0 unspecified atom stereocenters. The molecule has 1 aromatic heterocycles. The van der Waals surface area contributed by atoms with Crippen molar-refractivity contribution in [3.63, 3.8) is 0 Å². The summed E-state index contributed by atoms with van der Waals surface area (Å²) in [6, 6.07) is 5.58. The molecule has 1 aromatic carbocycles. The van der Waals surface area contributed by atoms with Gasteiger partial charge < -0.3 is 10.3 Å². The van der Waals surface area contributed by atoms with Gasteiger partial charge in [0.25, 0.3) is 0 Å². The maximum Gasteiger partial charge on any atom is 0.204 e. The molecule has 2 aromatic rings. The van der Waals surface area contributed by atoms with Crippen LogP contribution in [0.25, 0.3) is 0 Å². The van der Waals surface area contributed by atoms with Crippen LogP contribution in [0.3, 0.4) is 0 Å². The van der Waals surface area contributed by atoms with Gasteiger partial charge >= 0.3 is 0 Å². The SMILES string of the molecule is Nc1cn(Cc2ccc(F)cc2Cl)ccc1=O. The Bertz CT molecular complexity index is 610. The zero-order chi connectivity index (χ0) is 12.4. The number of halogens is 2. The lowest BCUT2D eigenvalue weighted by Gasteiger charge is -2.08. The second-order valence-corrected chi connectivity index (χ2v) is 4.08. The third kappa shape index (κ3) is 2.65. The van der Waals surface area contributed by atoms with Gasteiger partial charge in [-0.05, 0) is 17.7 Å². The van der Waals surface area contributed by atoms with E-state index in [0.29, 0.717) is 11.6 Å². The Kier molecular flexibility index (Phi) is 3.15. The molecular weight excluding hydrogens is 243 g/mol. The summed E-state index contributed by atoms with van der Waals surface area (Å²) in [6.07, 6.45) is 3.14. The van der Waals surface area contributed by atoms with Crippen molar-refractivity contribution in [2.75, 3.05) is 5.73 Å². The number of nitrogens with two attached hydrogens (primary N) is 1. The lowest BCUT2D eigenvalue weighted by atomic mass is 10.2. The maximum atomic E-state index is 12.9. The van der Waals surface area contributed by atoms with E-state index in [2.05, 4.69) is 0 Å². The molecule has 17 heavy (non-hydrogen) atoms. The monoisotopic (exact) mass is 252 g/mol. The van der Waals surface area contributed by atoms with Crippen LogP contribution < -0.4 is 11.2 Å². The van der Waals surface area contributed by atoms with Crippen LogP contribution in [0.2, 0.25) is 5.02 Å². The first kappa shape index (κ1) is 11.7. The normalized spacial score (nSPS) is 10.5. The van der Waals surface area contributed by atoms with Crippen LogP contribution in [0.4, 0.5) is 10.1 Å². The van der Waals surface area contributed by atoms with Crippen molar-refractivity contribution < 1.29 is 4.39 Å². The summed E-state index contributed by atoms with van der Waals surface area (Å²) in [5, 5.41) is 0.349. The van der Waals surface area contributed by atoms with Crippen LogP contribution in [-0.2, 0) is 6.54 Å². The maximum absolute atomic E-state index is 12.9. The number of nitrogens with zero attached hydrogens (tertiary/aromatic N) is 1. The number of anilines is 1. The minimum atomic E-state index is -0.377. The molecule has 0 aliphatic carbocycles. The van der Waals surface area contributed by atoms with Gasteiger partial charge in [0, 0.05) is 30.0 Å². The fraction of sp³-hybridized carbons (Fsp3) is 0.0833. The Labute approximate surface area is 102 Å². The van der Waals surface area contributed by atoms with E-state index in [4.69, 9.17) is 17.3 Å². The molecule has 0 radical (unpaired) electrons. The molecule has 0 saturated carbocycles. The molecule has 0 spiro atoms.